The van der Waals surface area contributed by atoms with Crippen molar-refractivity contribution in [1.29, 1.82) is 0 Å². The zero-order valence-corrected chi connectivity index (χ0v) is 18.3. The van der Waals surface area contributed by atoms with Crippen LogP contribution in [0.3, 0.4) is 0 Å². The van der Waals surface area contributed by atoms with E-state index in [1.807, 2.05) is 19.9 Å². The number of benzene rings is 1. The van der Waals surface area contributed by atoms with Crippen molar-refractivity contribution in [3.05, 3.63) is 35.1 Å². The molecule has 1 fully saturated rings. The first-order chi connectivity index (χ1) is 14.9. The highest BCUT2D eigenvalue weighted by Crippen LogP contribution is 2.33. The van der Waals surface area contributed by atoms with Crippen LogP contribution >= 0.6 is 0 Å². The van der Waals surface area contributed by atoms with Crippen LogP contribution in [0.15, 0.2) is 18.2 Å². The molecular formula is C23H33FN4O3. The van der Waals surface area contributed by atoms with Crippen LogP contribution in [0.1, 0.15) is 63.1 Å². The number of nitrogens with zero attached hydrogens (tertiary/aromatic N) is 1. The van der Waals surface area contributed by atoms with Gasteiger partial charge in [-0.05, 0) is 62.3 Å². The molecule has 1 aliphatic carbocycles. The Bertz CT molecular complexity index is 831. The van der Waals surface area contributed by atoms with E-state index >= 15 is 0 Å². The summed E-state index contributed by atoms with van der Waals surface area (Å²) in [7, 11) is 0. The summed E-state index contributed by atoms with van der Waals surface area (Å²) in [5.41, 5.74) is 7.15. The van der Waals surface area contributed by atoms with Crippen LogP contribution in [-0.4, -0.2) is 47.8 Å². The molecule has 1 aromatic rings. The molecule has 4 N–H and O–H groups in total. The van der Waals surface area contributed by atoms with Crippen molar-refractivity contribution in [1.82, 2.24) is 15.5 Å². The lowest BCUT2D eigenvalue weighted by Gasteiger charge is -2.30. The fourth-order valence-electron chi connectivity index (χ4n) is 4.45. The van der Waals surface area contributed by atoms with E-state index in [-0.39, 0.29) is 42.0 Å². The molecule has 3 amide bonds. The first-order valence-corrected chi connectivity index (χ1v) is 11.3. The number of hydrogen-bond acceptors (Lipinski definition) is 4. The molecule has 1 unspecified atom stereocenters. The largest absolute Gasteiger partial charge is 0.347 e. The van der Waals surface area contributed by atoms with E-state index in [4.69, 9.17) is 5.73 Å². The van der Waals surface area contributed by atoms with Gasteiger partial charge in [0, 0.05) is 12.5 Å². The van der Waals surface area contributed by atoms with Gasteiger partial charge in [0.1, 0.15) is 17.9 Å². The number of nitrogens with one attached hydrogen (secondary N) is 2. The lowest BCUT2D eigenvalue weighted by molar-refractivity contribution is -0.142. The summed E-state index contributed by atoms with van der Waals surface area (Å²) in [6.45, 7) is 4.45. The lowest BCUT2D eigenvalue weighted by atomic mass is 10.1. The van der Waals surface area contributed by atoms with Gasteiger partial charge in [-0.2, -0.15) is 0 Å². The number of rotatable bonds is 8. The van der Waals surface area contributed by atoms with Gasteiger partial charge in [-0.15, -0.1) is 0 Å². The summed E-state index contributed by atoms with van der Waals surface area (Å²) < 4.78 is 14.0. The van der Waals surface area contributed by atoms with Crippen molar-refractivity contribution in [3.8, 4) is 0 Å². The van der Waals surface area contributed by atoms with Gasteiger partial charge in [0.15, 0.2) is 0 Å². The van der Waals surface area contributed by atoms with Gasteiger partial charge in [-0.25, -0.2) is 4.39 Å². The maximum atomic E-state index is 14.0. The van der Waals surface area contributed by atoms with E-state index in [1.54, 1.807) is 11.0 Å². The zero-order valence-electron chi connectivity index (χ0n) is 18.3. The Morgan fingerprint density at radius 1 is 1.29 bits per heavy atom. The van der Waals surface area contributed by atoms with Gasteiger partial charge in [0.2, 0.25) is 17.7 Å². The normalized spacial score (nSPS) is 22.0. The Morgan fingerprint density at radius 2 is 2.06 bits per heavy atom. The maximum Gasteiger partial charge on any atom is 0.245 e. The van der Waals surface area contributed by atoms with Crippen LogP contribution in [0.25, 0.3) is 0 Å². The summed E-state index contributed by atoms with van der Waals surface area (Å²) in [6, 6.07) is 3.36. The highest BCUT2D eigenvalue weighted by atomic mass is 19.1. The smallest absolute Gasteiger partial charge is 0.245 e. The fourth-order valence-corrected chi connectivity index (χ4v) is 4.45. The predicted octanol–water partition coefficient (Wildman–Crippen LogP) is 1.80. The molecule has 0 saturated carbocycles. The zero-order chi connectivity index (χ0) is 22.5. The molecule has 0 bridgehead atoms. The van der Waals surface area contributed by atoms with Crippen molar-refractivity contribution in [2.75, 3.05) is 13.1 Å². The SMILES string of the molecule is CC[C@@H](C)C(=O)N[C@@H](CCN)C(=O)N1CCC[C@H]1C(=O)NC1CCc2c(F)cccc21. The monoisotopic (exact) mass is 432 g/mol. The van der Waals surface area contributed by atoms with Crippen molar-refractivity contribution in [2.45, 2.75) is 70.5 Å². The van der Waals surface area contributed by atoms with Gasteiger partial charge in [-0.3, -0.25) is 14.4 Å². The molecule has 0 spiro atoms. The van der Waals surface area contributed by atoms with E-state index in [0.29, 0.717) is 50.6 Å². The minimum absolute atomic E-state index is 0.181. The van der Waals surface area contributed by atoms with Crippen molar-refractivity contribution in [3.63, 3.8) is 0 Å². The van der Waals surface area contributed by atoms with Crippen molar-refractivity contribution < 1.29 is 18.8 Å². The molecule has 170 valence electrons. The summed E-state index contributed by atoms with van der Waals surface area (Å²) in [4.78, 5) is 40.2. The minimum atomic E-state index is -0.735. The number of nitrogens with two attached hydrogens (primary N) is 1. The Kier molecular flexibility index (Phi) is 7.64. The molecule has 2 aliphatic rings. The van der Waals surface area contributed by atoms with E-state index in [9.17, 15) is 18.8 Å². The second kappa shape index (κ2) is 10.2. The highest BCUT2D eigenvalue weighted by molar-refractivity contribution is 5.93. The topological polar surface area (TPSA) is 105 Å². The van der Waals surface area contributed by atoms with Gasteiger partial charge >= 0.3 is 0 Å². The summed E-state index contributed by atoms with van der Waals surface area (Å²) >= 11 is 0. The molecule has 1 saturated heterocycles. The van der Waals surface area contributed by atoms with E-state index in [1.165, 1.54) is 6.07 Å². The summed E-state index contributed by atoms with van der Waals surface area (Å²) in [5, 5.41) is 5.83. The second-order valence-electron chi connectivity index (χ2n) is 8.54. The fraction of sp³-hybridized carbons (Fsp3) is 0.609. The molecule has 1 aliphatic heterocycles. The quantitative estimate of drug-likeness (QED) is 0.583. The summed E-state index contributed by atoms with van der Waals surface area (Å²) in [5.74, 6) is -1.12. The van der Waals surface area contributed by atoms with Crippen LogP contribution in [0.5, 0.6) is 0 Å². The van der Waals surface area contributed by atoms with E-state index in [0.717, 1.165) is 5.56 Å². The molecule has 4 atom stereocenters. The molecule has 8 heteroatoms. The van der Waals surface area contributed by atoms with Gasteiger partial charge in [-0.1, -0.05) is 26.0 Å². The van der Waals surface area contributed by atoms with Gasteiger partial charge < -0.3 is 21.3 Å². The van der Waals surface area contributed by atoms with Gasteiger partial charge in [0.05, 0.1) is 6.04 Å². The maximum absolute atomic E-state index is 14.0. The number of hydrogen-bond donors (Lipinski definition) is 3. The Morgan fingerprint density at radius 3 is 2.77 bits per heavy atom. The Balaban J connectivity index is 1.68. The summed E-state index contributed by atoms with van der Waals surface area (Å²) in [6.07, 6.45) is 3.50. The van der Waals surface area contributed by atoms with Gasteiger partial charge in [0.25, 0.3) is 0 Å². The first kappa shape index (κ1) is 23.2. The average Bonchev–Trinajstić information content (AvgIpc) is 3.40. The Hall–Kier alpha value is -2.48. The van der Waals surface area contributed by atoms with Crippen LogP contribution in [0.4, 0.5) is 4.39 Å². The predicted molar refractivity (Wildman–Crippen MR) is 115 cm³/mol. The Labute approximate surface area is 182 Å². The van der Waals surface area contributed by atoms with Crippen molar-refractivity contribution >= 4 is 17.7 Å². The second-order valence-corrected chi connectivity index (χ2v) is 8.54. The van der Waals surface area contributed by atoms with Crippen LogP contribution in [0, 0.1) is 11.7 Å². The number of likely N-dealkylation sites (tertiary alicyclic amines) is 1. The molecule has 0 radical (unpaired) electrons. The highest BCUT2D eigenvalue weighted by Gasteiger charge is 2.39. The number of fused-ring (bicyclic) bond motifs is 1. The van der Waals surface area contributed by atoms with Crippen LogP contribution in [-0.2, 0) is 20.8 Å². The molecule has 1 aromatic carbocycles. The third-order valence-corrected chi connectivity index (χ3v) is 6.50. The molecular weight excluding hydrogens is 399 g/mol. The third-order valence-electron chi connectivity index (χ3n) is 6.50. The molecule has 1 heterocycles. The van der Waals surface area contributed by atoms with Crippen LogP contribution in [0.2, 0.25) is 0 Å². The average molecular weight is 433 g/mol. The number of carbonyl (C=O) groups is 3. The standard InChI is InChI=1S/C23H33FN4O3/c1-3-14(2)21(29)27-19(11-12-25)23(31)28-13-5-8-20(28)22(30)26-18-10-9-15-16(18)6-4-7-17(15)24/h4,6-7,14,18-20H,3,5,8-13,25H2,1-2H3,(H,26,30)(H,27,29)/t14-,18?,19+,20+/m1/s1. The number of halogens is 1. The van der Waals surface area contributed by atoms with Crippen LogP contribution < -0.4 is 16.4 Å². The van der Waals surface area contributed by atoms with E-state index < -0.39 is 12.1 Å². The molecule has 7 nitrogen and oxygen atoms in total. The van der Waals surface area contributed by atoms with Crippen molar-refractivity contribution in [2.24, 2.45) is 11.7 Å². The number of carbonyl (C=O) groups excluding carboxylic acids is 3. The van der Waals surface area contributed by atoms with E-state index in [2.05, 4.69) is 10.6 Å². The minimum Gasteiger partial charge on any atom is -0.347 e. The lowest BCUT2D eigenvalue weighted by Crippen LogP contribution is -2.54. The molecule has 0 aromatic heterocycles. The molecule has 3 rings (SSSR count). The molecule has 31 heavy (non-hydrogen) atoms. The number of amides is 3. The first-order valence-electron chi connectivity index (χ1n) is 11.3. The third kappa shape index (κ3) is 5.06.